The van der Waals surface area contributed by atoms with Gasteiger partial charge in [0.2, 0.25) is 11.8 Å². The lowest BCUT2D eigenvalue weighted by molar-refractivity contribution is -0.115. The Morgan fingerprint density at radius 1 is 1.48 bits per heavy atom. The number of nitrogens with zero attached hydrogens (tertiary/aromatic N) is 2. The van der Waals surface area contributed by atoms with Crippen molar-refractivity contribution in [3.05, 3.63) is 35.2 Å². The first-order valence-electron chi connectivity index (χ1n) is 6.68. The molecule has 1 heterocycles. The van der Waals surface area contributed by atoms with Gasteiger partial charge in [-0.3, -0.25) is 4.79 Å². The fourth-order valence-corrected chi connectivity index (χ4v) is 2.66. The molecular weight excluding hydrogens is 310 g/mol. The molecule has 0 bridgehead atoms. The summed E-state index contributed by atoms with van der Waals surface area (Å²) in [5.41, 5.74) is 0.671. The molecule has 21 heavy (non-hydrogen) atoms. The molecule has 7 heteroatoms. The maximum absolute atomic E-state index is 12.1. The van der Waals surface area contributed by atoms with E-state index in [0.29, 0.717) is 27.7 Å². The Labute approximate surface area is 131 Å². The van der Waals surface area contributed by atoms with Crippen molar-refractivity contribution in [3.63, 3.8) is 0 Å². The van der Waals surface area contributed by atoms with E-state index in [9.17, 15) is 4.79 Å². The van der Waals surface area contributed by atoms with Gasteiger partial charge in [0, 0.05) is 16.6 Å². The third-order valence-electron chi connectivity index (χ3n) is 3.09. The van der Waals surface area contributed by atoms with E-state index in [4.69, 9.17) is 16.0 Å². The SMILES string of the molecule is C[C@@H](Sc1nnc(C2CC2)o1)C(=O)Nc1cccc(Cl)c1. The standard InChI is InChI=1S/C14H14ClN3O2S/c1-8(12(19)16-11-4-2-3-10(15)7-11)21-14-18-17-13(20-14)9-5-6-9/h2-4,7-9H,5-6H2,1H3,(H,16,19)/t8-/m1/s1. The van der Waals surface area contributed by atoms with Crippen molar-refractivity contribution in [2.75, 3.05) is 5.32 Å². The number of nitrogens with one attached hydrogen (secondary N) is 1. The molecule has 1 fully saturated rings. The molecule has 1 atom stereocenters. The Bertz CT molecular complexity index is 657. The van der Waals surface area contributed by atoms with Gasteiger partial charge in [-0.1, -0.05) is 29.4 Å². The van der Waals surface area contributed by atoms with Crippen LogP contribution in [0.15, 0.2) is 33.9 Å². The van der Waals surface area contributed by atoms with E-state index in [0.717, 1.165) is 12.8 Å². The van der Waals surface area contributed by atoms with Crippen LogP contribution in [0.2, 0.25) is 5.02 Å². The zero-order valence-electron chi connectivity index (χ0n) is 11.4. The minimum Gasteiger partial charge on any atom is -0.416 e. The van der Waals surface area contributed by atoms with Gasteiger partial charge in [-0.2, -0.15) is 0 Å². The van der Waals surface area contributed by atoms with Crippen molar-refractivity contribution in [2.45, 2.75) is 36.2 Å². The molecule has 1 aliphatic rings. The van der Waals surface area contributed by atoms with Crippen molar-refractivity contribution >= 4 is 35.0 Å². The Balaban J connectivity index is 1.58. The third kappa shape index (κ3) is 3.77. The van der Waals surface area contributed by atoms with Crippen LogP contribution in [0.3, 0.4) is 0 Å². The zero-order valence-corrected chi connectivity index (χ0v) is 12.9. The summed E-state index contributed by atoms with van der Waals surface area (Å²) in [5, 5.41) is 11.5. The number of thioether (sulfide) groups is 1. The van der Waals surface area contributed by atoms with Crippen LogP contribution in [0.5, 0.6) is 0 Å². The van der Waals surface area contributed by atoms with Crippen molar-refractivity contribution in [1.29, 1.82) is 0 Å². The average molecular weight is 324 g/mol. The molecule has 1 aromatic heterocycles. The van der Waals surface area contributed by atoms with Crippen molar-refractivity contribution in [1.82, 2.24) is 10.2 Å². The van der Waals surface area contributed by atoms with Crippen LogP contribution in [0.1, 0.15) is 31.6 Å². The number of halogens is 1. The minimum atomic E-state index is -0.337. The molecule has 0 radical (unpaired) electrons. The number of hydrogen-bond acceptors (Lipinski definition) is 5. The third-order valence-corrected chi connectivity index (χ3v) is 4.26. The van der Waals surface area contributed by atoms with E-state index < -0.39 is 0 Å². The lowest BCUT2D eigenvalue weighted by Crippen LogP contribution is -2.22. The molecule has 0 aliphatic heterocycles. The molecule has 1 amide bonds. The summed E-state index contributed by atoms with van der Waals surface area (Å²) in [5.74, 6) is 0.968. The summed E-state index contributed by atoms with van der Waals surface area (Å²) in [4.78, 5) is 12.1. The molecular formula is C14H14ClN3O2S. The molecule has 0 spiro atoms. The lowest BCUT2D eigenvalue weighted by atomic mass is 10.3. The highest BCUT2D eigenvalue weighted by molar-refractivity contribution is 8.00. The van der Waals surface area contributed by atoms with Crippen LogP contribution in [-0.2, 0) is 4.79 Å². The molecule has 3 rings (SSSR count). The van der Waals surface area contributed by atoms with Crippen LogP contribution < -0.4 is 5.32 Å². The summed E-state index contributed by atoms with van der Waals surface area (Å²) in [6, 6.07) is 7.04. The van der Waals surface area contributed by atoms with Crippen molar-refractivity contribution in [3.8, 4) is 0 Å². The number of carbonyl (C=O) groups excluding carboxylic acids is 1. The molecule has 0 saturated heterocycles. The number of rotatable bonds is 5. The highest BCUT2D eigenvalue weighted by Gasteiger charge is 2.30. The van der Waals surface area contributed by atoms with Crippen LogP contribution in [0.4, 0.5) is 5.69 Å². The summed E-state index contributed by atoms with van der Waals surface area (Å²) in [6.45, 7) is 1.80. The number of aromatic nitrogens is 2. The van der Waals surface area contributed by atoms with E-state index in [1.54, 1.807) is 31.2 Å². The maximum atomic E-state index is 12.1. The second-order valence-electron chi connectivity index (χ2n) is 4.94. The smallest absolute Gasteiger partial charge is 0.277 e. The lowest BCUT2D eigenvalue weighted by Gasteiger charge is -2.09. The number of hydrogen-bond donors (Lipinski definition) is 1. The van der Waals surface area contributed by atoms with E-state index >= 15 is 0 Å². The van der Waals surface area contributed by atoms with Crippen LogP contribution in [-0.4, -0.2) is 21.4 Å². The number of amides is 1. The van der Waals surface area contributed by atoms with Gasteiger partial charge in [0.25, 0.3) is 5.22 Å². The predicted octanol–water partition coefficient (Wildman–Crippen LogP) is 3.72. The first kappa shape index (κ1) is 14.4. The molecule has 1 saturated carbocycles. The zero-order chi connectivity index (χ0) is 14.8. The van der Waals surface area contributed by atoms with Crippen LogP contribution in [0.25, 0.3) is 0 Å². The molecule has 1 aromatic carbocycles. The summed E-state index contributed by atoms with van der Waals surface area (Å²) in [7, 11) is 0. The molecule has 2 aromatic rings. The molecule has 0 unspecified atom stereocenters. The average Bonchev–Trinajstić information content (AvgIpc) is 3.19. The van der Waals surface area contributed by atoms with Gasteiger partial charge in [0.15, 0.2) is 0 Å². The summed E-state index contributed by atoms with van der Waals surface area (Å²) in [6.07, 6.45) is 2.22. The van der Waals surface area contributed by atoms with Gasteiger partial charge in [-0.25, -0.2) is 0 Å². The normalized spacial score (nSPS) is 15.7. The van der Waals surface area contributed by atoms with Gasteiger partial charge in [-0.05, 0) is 38.0 Å². The number of carbonyl (C=O) groups is 1. The molecule has 5 nitrogen and oxygen atoms in total. The predicted molar refractivity (Wildman–Crippen MR) is 81.7 cm³/mol. The largest absolute Gasteiger partial charge is 0.416 e. The number of anilines is 1. The second-order valence-corrected chi connectivity index (χ2v) is 6.67. The van der Waals surface area contributed by atoms with Crippen LogP contribution in [0, 0.1) is 0 Å². The highest BCUT2D eigenvalue weighted by atomic mass is 35.5. The minimum absolute atomic E-state index is 0.131. The summed E-state index contributed by atoms with van der Waals surface area (Å²) >= 11 is 7.14. The molecule has 1 N–H and O–H groups in total. The number of benzene rings is 1. The van der Waals surface area contributed by atoms with Gasteiger partial charge in [0.05, 0.1) is 5.25 Å². The highest BCUT2D eigenvalue weighted by Crippen LogP contribution is 2.40. The van der Waals surface area contributed by atoms with E-state index in [-0.39, 0.29) is 11.2 Å². The fraction of sp³-hybridized carbons (Fsp3) is 0.357. The monoisotopic (exact) mass is 323 g/mol. The topological polar surface area (TPSA) is 68.0 Å². The second kappa shape index (κ2) is 6.07. The Morgan fingerprint density at radius 2 is 2.29 bits per heavy atom. The quantitative estimate of drug-likeness (QED) is 0.849. The fourth-order valence-electron chi connectivity index (χ4n) is 1.78. The van der Waals surface area contributed by atoms with Crippen molar-refractivity contribution in [2.24, 2.45) is 0 Å². The van der Waals surface area contributed by atoms with E-state index in [1.807, 2.05) is 0 Å². The Morgan fingerprint density at radius 3 is 3.00 bits per heavy atom. The van der Waals surface area contributed by atoms with Crippen LogP contribution >= 0.6 is 23.4 Å². The molecule has 1 aliphatic carbocycles. The van der Waals surface area contributed by atoms with Crippen molar-refractivity contribution < 1.29 is 9.21 Å². The first-order chi connectivity index (χ1) is 10.1. The van der Waals surface area contributed by atoms with Gasteiger partial charge in [0.1, 0.15) is 0 Å². The van der Waals surface area contributed by atoms with Gasteiger partial charge in [-0.15, -0.1) is 10.2 Å². The molecule has 110 valence electrons. The Kier molecular flexibility index (Phi) is 4.17. The van der Waals surface area contributed by atoms with E-state index in [2.05, 4.69) is 15.5 Å². The van der Waals surface area contributed by atoms with Gasteiger partial charge >= 0.3 is 0 Å². The first-order valence-corrected chi connectivity index (χ1v) is 7.94. The van der Waals surface area contributed by atoms with E-state index in [1.165, 1.54) is 11.8 Å². The van der Waals surface area contributed by atoms with Gasteiger partial charge < -0.3 is 9.73 Å². The maximum Gasteiger partial charge on any atom is 0.277 e. The Hall–Kier alpha value is -1.53. The summed E-state index contributed by atoms with van der Waals surface area (Å²) < 4.78 is 5.54.